The molecule has 1 saturated heterocycles. The topological polar surface area (TPSA) is 67.2 Å². The summed E-state index contributed by atoms with van der Waals surface area (Å²) >= 11 is 0. The summed E-state index contributed by atoms with van der Waals surface area (Å²) in [5, 5.41) is 3.03. The number of nitrogens with one attached hydrogen (secondary N) is 1. The zero-order chi connectivity index (χ0) is 18.8. The van der Waals surface area contributed by atoms with Crippen LogP contribution in [-0.2, 0) is 22.6 Å². The third-order valence-electron chi connectivity index (χ3n) is 5.99. The van der Waals surface area contributed by atoms with Crippen molar-refractivity contribution in [1.82, 2.24) is 19.8 Å². The van der Waals surface area contributed by atoms with E-state index in [-0.39, 0.29) is 17.7 Å². The lowest BCUT2D eigenvalue weighted by Crippen LogP contribution is -2.37. The van der Waals surface area contributed by atoms with E-state index < -0.39 is 0 Å². The van der Waals surface area contributed by atoms with Gasteiger partial charge in [-0.3, -0.25) is 9.59 Å². The van der Waals surface area contributed by atoms with Gasteiger partial charge in [-0.15, -0.1) is 0 Å². The number of rotatable bonds is 6. The molecule has 1 aliphatic heterocycles. The Morgan fingerprint density at radius 3 is 2.81 bits per heavy atom. The zero-order valence-corrected chi connectivity index (χ0v) is 16.0. The number of amides is 2. The number of para-hydroxylation sites is 2. The summed E-state index contributed by atoms with van der Waals surface area (Å²) in [5.74, 6) is 0.940. The van der Waals surface area contributed by atoms with Gasteiger partial charge in [-0.2, -0.15) is 0 Å². The van der Waals surface area contributed by atoms with Gasteiger partial charge in [-0.1, -0.05) is 25.0 Å². The number of imidazole rings is 1. The van der Waals surface area contributed by atoms with Crippen LogP contribution in [0.1, 0.15) is 44.9 Å². The van der Waals surface area contributed by atoms with Crippen LogP contribution >= 0.6 is 0 Å². The van der Waals surface area contributed by atoms with Crippen molar-refractivity contribution < 1.29 is 9.59 Å². The lowest BCUT2D eigenvalue weighted by Gasteiger charge is -2.23. The zero-order valence-electron chi connectivity index (χ0n) is 16.0. The first-order valence-corrected chi connectivity index (χ1v) is 10.2. The number of fused-ring (bicyclic) bond motifs is 1. The fourth-order valence-corrected chi connectivity index (χ4v) is 4.59. The molecule has 0 unspecified atom stereocenters. The lowest BCUT2D eigenvalue weighted by atomic mass is 10.1. The van der Waals surface area contributed by atoms with Crippen molar-refractivity contribution in [2.75, 3.05) is 13.1 Å². The van der Waals surface area contributed by atoms with Gasteiger partial charge in [-0.05, 0) is 31.9 Å². The van der Waals surface area contributed by atoms with Gasteiger partial charge in [0.25, 0.3) is 0 Å². The van der Waals surface area contributed by atoms with Crippen LogP contribution in [0.2, 0.25) is 0 Å². The molecule has 27 heavy (non-hydrogen) atoms. The standard InChI is InChI=1S/C21H28N4O2/c1-2-24-18-10-6-5-9-17(18)23-19(24)11-12-22-21(27)15-13-20(26)25(14-15)16-7-3-4-8-16/h5-6,9-10,15-16H,2-4,7-8,11-14H2,1H3,(H,22,27)/t15-/m1/s1. The van der Waals surface area contributed by atoms with Crippen LogP contribution in [0.5, 0.6) is 0 Å². The van der Waals surface area contributed by atoms with Crippen LogP contribution in [0.4, 0.5) is 0 Å². The normalized spacial score (nSPS) is 20.7. The molecule has 0 bridgehead atoms. The lowest BCUT2D eigenvalue weighted by molar-refractivity contribution is -0.130. The van der Waals surface area contributed by atoms with Gasteiger partial charge in [0.1, 0.15) is 5.82 Å². The molecule has 2 aromatic rings. The van der Waals surface area contributed by atoms with Crippen molar-refractivity contribution in [3.05, 3.63) is 30.1 Å². The summed E-state index contributed by atoms with van der Waals surface area (Å²) in [5.41, 5.74) is 2.13. The minimum atomic E-state index is -0.205. The van der Waals surface area contributed by atoms with E-state index in [0.29, 0.717) is 32.0 Å². The predicted molar refractivity (Wildman–Crippen MR) is 104 cm³/mol. The van der Waals surface area contributed by atoms with E-state index in [2.05, 4.69) is 22.9 Å². The Hall–Kier alpha value is -2.37. The molecule has 6 heteroatoms. The summed E-state index contributed by atoms with van der Waals surface area (Å²) in [6, 6.07) is 8.48. The Kier molecular flexibility index (Phi) is 5.14. The second kappa shape index (κ2) is 7.71. The van der Waals surface area contributed by atoms with Gasteiger partial charge < -0.3 is 14.8 Å². The predicted octanol–water partition coefficient (Wildman–Crippen LogP) is 2.51. The van der Waals surface area contributed by atoms with Gasteiger partial charge in [0, 0.05) is 38.5 Å². The fraction of sp³-hybridized carbons (Fsp3) is 0.571. The summed E-state index contributed by atoms with van der Waals surface area (Å²) in [6.45, 7) is 4.11. The number of aromatic nitrogens is 2. The molecular formula is C21H28N4O2. The quantitative estimate of drug-likeness (QED) is 0.852. The molecule has 2 amide bonds. The SMILES string of the molecule is CCn1c(CCNC(=O)[C@@H]2CC(=O)N(C3CCCC3)C2)nc2ccccc21. The molecule has 2 heterocycles. The number of hydrogen-bond acceptors (Lipinski definition) is 3. The highest BCUT2D eigenvalue weighted by molar-refractivity contribution is 5.89. The van der Waals surface area contributed by atoms with Crippen molar-refractivity contribution in [2.45, 2.75) is 58.0 Å². The van der Waals surface area contributed by atoms with E-state index in [1.54, 1.807) is 0 Å². The first-order chi connectivity index (χ1) is 13.2. The number of nitrogens with zero attached hydrogens (tertiary/aromatic N) is 3. The molecule has 1 aliphatic carbocycles. The van der Waals surface area contributed by atoms with E-state index in [4.69, 9.17) is 4.98 Å². The van der Waals surface area contributed by atoms with E-state index in [1.807, 2.05) is 23.1 Å². The number of benzene rings is 1. The monoisotopic (exact) mass is 368 g/mol. The van der Waals surface area contributed by atoms with Gasteiger partial charge in [0.2, 0.25) is 11.8 Å². The molecule has 2 aliphatic rings. The molecule has 1 atom stereocenters. The van der Waals surface area contributed by atoms with Crippen LogP contribution in [-0.4, -0.2) is 45.4 Å². The molecule has 0 radical (unpaired) electrons. The number of likely N-dealkylation sites (tertiary alicyclic amines) is 1. The van der Waals surface area contributed by atoms with E-state index in [9.17, 15) is 9.59 Å². The molecule has 1 saturated carbocycles. The highest BCUT2D eigenvalue weighted by Gasteiger charge is 2.38. The van der Waals surface area contributed by atoms with Crippen molar-refractivity contribution in [3.63, 3.8) is 0 Å². The van der Waals surface area contributed by atoms with Gasteiger partial charge in [0.15, 0.2) is 0 Å². The van der Waals surface area contributed by atoms with Crippen LogP contribution in [0, 0.1) is 5.92 Å². The Labute approximate surface area is 159 Å². The van der Waals surface area contributed by atoms with Gasteiger partial charge >= 0.3 is 0 Å². The largest absolute Gasteiger partial charge is 0.355 e. The maximum absolute atomic E-state index is 12.6. The van der Waals surface area contributed by atoms with Crippen LogP contribution < -0.4 is 5.32 Å². The molecule has 2 fully saturated rings. The molecule has 4 rings (SSSR count). The second-order valence-electron chi connectivity index (χ2n) is 7.69. The average molecular weight is 368 g/mol. The summed E-state index contributed by atoms with van der Waals surface area (Å²) in [6.07, 6.45) is 5.63. The first-order valence-electron chi connectivity index (χ1n) is 10.2. The maximum atomic E-state index is 12.6. The highest BCUT2D eigenvalue weighted by atomic mass is 16.2. The van der Waals surface area contributed by atoms with E-state index >= 15 is 0 Å². The number of hydrogen-bond donors (Lipinski definition) is 1. The molecular weight excluding hydrogens is 340 g/mol. The summed E-state index contributed by atoms with van der Waals surface area (Å²) < 4.78 is 2.20. The van der Waals surface area contributed by atoms with Crippen molar-refractivity contribution in [3.8, 4) is 0 Å². The van der Waals surface area contributed by atoms with Crippen LogP contribution in [0.15, 0.2) is 24.3 Å². The Bertz CT molecular complexity index is 838. The van der Waals surface area contributed by atoms with Gasteiger partial charge in [0.05, 0.1) is 17.0 Å². The minimum Gasteiger partial charge on any atom is -0.355 e. The molecule has 0 spiro atoms. The maximum Gasteiger partial charge on any atom is 0.225 e. The van der Waals surface area contributed by atoms with Gasteiger partial charge in [-0.25, -0.2) is 4.98 Å². The Morgan fingerprint density at radius 2 is 2.04 bits per heavy atom. The Balaban J connectivity index is 1.33. The Morgan fingerprint density at radius 1 is 1.26 bits per heavy atom. The fourth-order valence-electron chi connectivity index (χ4n) is 4.59. The number of carbonyl (C=O) groups is 2. The molecule has 1 N–H and O–H groups in total. The second-order valence-corrected chi connectivity index (χ2v) is 7.69. The van der Waals surface area contributed by atoms with E-state index in [0.717, 1.165) is 36.2 Å². The third-order valence-corrected chi connectivity index (χ3v) is 5.99. The van der Waals surface area contributed by atoms with Crippen molar-refractivity contribution >= 4 is 22.8 Å². The van der Waals surface area contributed by atoms with Crippen molar-refractivity contribution in [2.24, 2.45) is 5.92 Å². The molecule has 144 valence electrons. The van der Waals surface area contributed by atoms with Crippen molar-refractivity contribution in [1.29, 1.82) is 0 Å². The van der Waals surface area contributed by atoms with Crippen LogP contribution in [0.3, 0.4) is 0 Å². The molecule has 1 aromatic carbocycles. The molecule has 1 aromatic heterocycles. The number of aryl methyl sites for hydroxylation is 1. The minimum absolute atomic E-state index is 0.00278. The van der Waals surface area contributed by atoms with E-state index in [1.165, 1.54) is 12.8 Å². The molecule has 6 nitrogen and oxygen atoms in total. The van der Waals surface area contributed by atoms with Crippen LogP contribution in [0.25, 0.3) is 11.0 Å². The third kappa shape index (κ3) is 3.57. The first kappa shape index (κ1) is 18.0. The smallest absolute Gasteiger partial charge is 0.225 e. The highest BCUT2D eigenvalue weighted by Crippen LogP contribution is 2.29. The summed E-state index contributed by atoms with van der Waals surface area (Å²) in [7, 11) is 0. The number of carbonyl (C=O) groups excluding carboxylic acids is 2. The average Bonchev–Trinajstić information content (AvgIpc) is 3.39. The summed E-state index contributed by atoms with van der Waals surface area (Å²) in [4.78, 5) is 31.5.